The molecule has 3 aromatic rings. The van der Waals surface area contributed by atoms with Crippen LogP contribution >= 0.6 is 11.3 Å². The van der Waals surface area contributed by atoms with Gasteiger partial charge in [-0.05, 0) is 45.6 Å². The molecule has 1 atom stereocenters. The SMILES string of the molecule is CCCCc1nc2c(c3sc4ncnc(NC(C)CC)c4c13)CC(C)(C)OC2. The normalized spacial score (nSPS) is 17.0. The lowest BCUT2D eigenvalue weighted by atomic mass is 9.92. The fourth-order valence-corrected chi connectivity index (χ4v) is 5.08. The van der Waals surface area contributed by atoms with E-state index in [1.54, 1.807) is 17.7 Å². The van der Waals surface area contributed by atoms with Crippen molar-refractivity contribution in [3.05, 3.63) is 23.3 Å². The average Bonchev–Trinajstić information content (AvgIpc) is 3.07. The van der Waals surface area contributed by atoms with Crippen LogP contribution in [0.3, 0.4) is 0 Å². The molecule has 0 saturated carbocycles. The van der Waals surface area contributed by atoms with Crippen molar-refractivity contribution in [3.63, 3.8) is 0 Å². The maximum Gasteiger partial charge on any atom is 0.139 e. The summed E-state index contributed by atoms with van der Waals surface area (Å²) in [7, 11) is 0. The number of rotatable bonds is 6. The molecule has 0 fully saturated rings. The van der Waals surface area contributed by atoms with Crippen LogP contribution in [0.2, 0.25) is 0 Å². The molecule has 0 spiro atoms. The molecule has 1 N–H and O–H groups in total. The van der Waals surface area contributed by atoms with Crippen LogP contribution in [0.25, 0.3) is 20.3 Å². The molecule has 1 aliphatic rings. The van der Waals surface area contributed by atoms with Crippen molar-refractivity contribution in [1.29, 1.82) is 0 Å². The van der Waals surface area contributed by atoms with E-state index in [4.69, 9.17) is 9.72 Å². The summed E-state index contributed by atoms with van der Waals surface area (Å²) in [4.78, 5) is 15.4. The Bertz CT molecular complexity index is 1010. The van der Waals surface area contributed by atoms with Crippen molar-refractivity contribution in [1.82, 2.24) is 15.0 Å². The quantitative estimate of drug-likeness (QED) is 0.582. The Labute approximate surface area is 170 Å². The van der Waals surface area contributed by atoms with Crippen LogP contribution in [0.1, 0.15) is 70.8 Å². The molecule has 0 aromatic carbocycles. The van der Waals surface area contributed by atoms with E-state index in [0.29, 0.717) is 12.6 Å². The summed E-state index contributed by atoms with van der Waals surface area (Å²) >= 11 is 1.79. The number of thiophene rings is 1. The van der Waals surface area contributed by atoms with Gasteiger partial charge in [0.1, 0.15) is 17.0 Å². The lowest BCUT2D eigenvalue weighted by Gasteiger charge is -2.31. The fraction of sp³-hybridized carbons (Fsp3) is 0.591. The molecule has 0 saturated heterocycles. The van der Waals surface area contributed by atoms with Crippen molar-refractivity contribution in [3.8, 4) is 0 Å². The van der Waals surface area contributed by atoms with Crippen molar-refractivity contribution < 1.29 is 4.74 Å². The third-order valence-electron chi connectivity index (χ3n) is 5.63. The minimum Gasteiger partial charge on any atom is -0.369 e. The highest BCUT2D eigenvalue weighted by Gasteiger charge is 2.31. The predicted octanol–water partition coefficient (Wildman–Crippen LogP) is 5.64. The second kappa shape index (κ2) is 7.56. The fourth-order valence-electron chi connectivity index (χ4n) is 3.85. The highest BCUT2D eigenvalue weighted by Crippen LogP contribution is 2.43. The molecule has 3 aromatic heterocycles. The average molecular weight is 399 g/mol. The molecule has 4 heterocycles. The summed E-state index contributed by atoms with van der Waals surface area (Å²) in [5, 5.41) is 6.00. The number of unbranched alkanes of at least 4 members (excludes halogenated alkanes) is 1. The van der Waals surface area contributed by atoms with Crippen LogP contribution in [-0.4, -0.2) is 26.6 Å². The highest BCUT2D eigenvalue weighted by molar-refractivity contribution is 7.25. The van der Waals surface area contributed by atoms with E-state index in [-0.39, 0.29) is 5.60 Å². The molecular weight excluding hydrogens is 368 g/mol. The Hall–Kier alpha value is -1.79. The van der Waals surface area contributed by atoms with Crippen molar-refractivity contribution >= 4 is 37.5 Å². The van der Waals surface area contributed by atoms with Gasteiger partial charge in [0.05, 0.1) is 29.0 Å². The van der Waals surface area contributed by atoms with Gasteiger partial charge in [0.2, 0.25) is 0 Å². The summed E-state index contributed by atoms with van der Waals surface area (Å²) < 4.78 is 7.40. The molecule has 150 valence electrons. The van der Waals surface area contributed by atoms with E-state index in [0.717, 1.165) is 53.8 Å². The molecular formula is C22H30N4OS. The van der Waals surface area contributed by atoms with Crippen LogP contribution < -0.4 is 5.32 Å². The summed E-state index contributed by atoms with van der Waals surface area (Å²) in [5.41, 5.74) is 3.46. The number of nitrogens with zero attached hydrogens (tertiary/aromatic N) is 3. The van der Waals surface area contributed by atoms with E-state index >= 15 is 0 Å². The molecule has 0 radical (unpaired) electrons. The van der Waals surface area contributed by atoms with Gasteiger partial charge in [-0.25, -0.2) is 9.97 Å². The number of nitrogens with one attached hydrogen (secondary N) is 1. The first kappa shape index (κ1) is 19.5. The van der Waals surface area contributed by atoms with E-state index < -0.39 is 0 Å². The first-order valence-corrected chi connectivity index (χ1v) is 11.2. The maximum absolute atomic E-state index is 6.07. The number of aromatic nitrogens is 3. The Kier molecular flexibility index (Phi) is 5.27. The number of fused-ring (bicyclic) bond motifs is 5. The zero-order valence-electron chi connectivity index (χ0n) is 17.6. The Balaban J connectivity index is 2.00. The van der Waals surface area contributed by atoms with Gasteiger partial charge in [-0.2, -0.15) is 0 Å². The third kappa shape index (κ3) is 3.48. The van der Waals surface area contributed by atoms with Gasteiger partial charge in [-0.3, -0.25) is 4.98 Å². The molecule has 28 heavy (non-hydrogen) atoms. The standard InChI is InChI=1S/C22H30N4OS/c1-6-8-9-15-17-18-20(25-13(3)7-2)23-12-24-21(18)28-19(17)14-10-22(4,5)27-11-16(14)26-15/h12-13H,6-11H2,1-5H3,(H,23,24,25). The maximum atomic E-state index is 6.07. The van der Waals surface area contributed by atoms with Crippen LogP contribution in [0, 0.1) is 0 Å². The number of ether oxygens (including phenoxy) is 1. The number of pyridine rings is 1. The van der Waals surface area contributed by atoms with Gasteiger partial charge in [-0.1, -0.05) is 20.3 Å². The minimum atomic E-state index is -0.161. The smallest absolute Gasteiger partial charge is 0.139 e. The topological polar surface area (TPSA) is 59.9 Å². The van der Waals surface area contributed by atoms with Gasteiger partial charge in [-0.15, -0.1) is 11.3 Å². The van der Waals surface area contributed by atoms with E-state index in [1.807, 2.05) is 0 Å². The molecule has 0 amide bonds. The summed E-state index contributed by atoms with van der Waals surface area (Å²) in [6, 6.07) is 0.366. The molecule has 1 unspecified atom stereocenters. The predicted molar refractivity (Wildman–Crippen MR) is 117 cm³/mol. The number of aryl methyl sites for hydroxylation is 1. The van der Waals surface area contributed by atoms with Crippen LogP contribution in [0.5, 0.6) is 0 Å². The molecule has 6 heteroatoms. The van der Waals surface area contributed by atoms with Gasteiger partial charge in [0.25, 0.3) is 0 Å². The van der Waals surface area contributed by atoms with Gasteiger partial charge < -0.3 is 10.1 Å². The summed E-state index contributed by atoms with van der Waals surface area (Å²) in [6.45, 7) is 11.5. The van der Waals surface area contributed by atoms with Crippen molar-refractivity contribution in [2.24, 2.45) is 0 Å². The number of anilines is 1. The molecule has 1 aliphatic heterocycles. The third-order valence-corrected chi connectivity index (χ3v) is 6.79. The first-order valence-electron chi connectivity index (χ1n) is 10.4. The largest absolute Gasteiger partial charge is 0.369 e. The lowest BCUT2D eigenvalue weighted by Crippen LogP contribution is -2.32. The van der Waals surface area contributed by atoms with E-state index in [9.17, 15) is 0 Å². The first-order chi connectivity index (χ1) is 13.4. The number of hydrogen-bond donors (Lipinski definition) is 1. The zero-order valence-corrected chi connectivity index (χ0v) is 18.4. The summed E-state index contributed by atoms with van der Waals surface area (Å²) in [6.07, 6.45) is 6.88. The lowest BCUT2D eigenvalue weighted by molar-refractivity contribution is -0.0415. The van der Waals surface area contributed by atoms with Crippen LogP contribution in [-0.2, 0) is 24.2 Å². The zero-order chi connectivity index (χ0) is 19.9. The molecule has 0 bridgehead atoms. The van der Waals surface area contributed by atoms with E-state index in [2.05, 4.69) is 49.9 Å². The molecule has 0 aliphatic carbocycles. The van der Waals surface area contributed by atoms with Gasteiger partial charge >= 0.3 is 0 Å². The molecule has 5 nitrogen and oxygen atoms in total. The van der Waals surface area contributed by atoms with Crippen LogP contribution in [0.4, 0.5) is 5.82 Å². The second-order valence-corrected chi connectivity index (χ2v) is 9.47. The Morgan fingerprint density at radius 1 is 1.25 bits per heavy atom. The summed E-state index contributed by atoms with van der Waals surface area (Å²) in [5.74, 6) is 0.941. The van der Waals surface area contributed by atoms with Crippen molar-refractivity contribution in [2.75, 3.05) is 5.32 Å². The highest BCUT2D eigenvalue weighted by atomic mass is 32.1. The Morgan fingerprint density at radius 3 is 2.82 bits per heavy atom. The number of hydrogen-bond acceptors (Lipinski definition) is 6. The van der Waals surface area contributed by atoms with Gasteiger partial charge in [0, 0.05) is 22.5 Å². The minimum absolute atomic E-state index is 0.161. The van der Waals surface area contributed by atoms with Crippen molar-refractivity contribution in [2.45, 2.75) is 85.0 Å². The second-order valence-electron chi connectivity index (χ2n) is 8.47. The van der Waals surface area contributed by atoms with Crippen LogP contribution in [0.15, 0.2) is 6.33 Å². The van der Waals surface area contributed by atoms with E-state index in [1.165, 1.54) is 21.3 Å². The Morgan fingerprint density at radius 2 is 2.07 bits per heavy atom. The monoisotopic (exact) mass is 398 g/mol. The van der Waals surface area contributed by atoms with Gasteiger partial charge in [0.15, 0.2) is 0 Å². The molecule has 4 rings (SSSR count).